The van der Waals surface area contributed by atoms with E-state index < -0.39 is 6.10 Å². The highest BCUT2D eigenvalue weighted by Crippen LogP contribution is 2.26. The number of H-pyrrole nitrogens is 1. The number of aromatic amines is 1. The molecule has 0 radical (unpaired) electrons. The maximum atomic E-state index is 13.7. The van der Waals surface area contributed by atoms with Crippen molar-refractivity contribution in [2.24, 2.45) is 0 Å². The van der Waals surface area contributed by atoms with Gasteiger partial charge in [-0.2, -0.15) is 5.10 Å². The molecule has 5 nitrogen and oxygen atoms in total. The van der Waals surface area contributed by atoms with Gasteiger partial charge in [0.2, 0.25) is 0 Å². The number of aliphatic hydroxyl groups excluding tert-OH is 1. The number of benzene rings is 1. The van der Waals surface area contributed by atoms with Crippen molar-refractivity contribution in [3.8, 4) is 11.3 Å². The molecule has 1 aromatic carbocycles. The highest BCUT2D eigenvalue weighted by Gasteiger charge is 2.13. The van der Waals surface area contributed by atoms with Crippen molar-refractivity contribution in [1.82, 2.24) is 15.2 Å². The average Bonchev–Trinajstić information content (AvgIpc) is 3.17. The number of hydrogen-bond donors (Lipinski definition) is 2. The Morgan fingerprint density at radius 2 is 2.10 bits per heavy atom. The molecule has 3 aromatic rings. The van der Waals surface area contributed by atoms with Crippen molar-refractivity contribution in [3.63, 3.8) is 0 Å². The van der Waals surface area contributed by atoms with E-state index >= 15 is 0 Å². The molecular formula is C15H14FN3O2. The van der Waals surface area contributed by atoms with Gasteiger partial charge in [-0.05, 0) is 30.7 Å². The summed E-state index contributed by atoms with van der Waals surface area (Å²) in [6.07, 6.45) is 1.59. The van der Waals surface area contributed by atoms with Gasteiger partial charge in [0.05, 0.1) is 5.56 Å². The van der Waals surface area contributed by atoms with E-state index in [9.17, 15) is 9.50 Å². The fourth-order valence-corrected chi connectivity index (χ4v) is 2.11. The minimum atomic E-state index is -0.727. The molecule has 0 aliphatic heterocycles. The van der Waals surface area contributed by atoms with E-state index in [0.29, 0.717) is 35.7 Å². The number of halogens is 1. The lowest BCUT2D eigenvalue weighted by molar-refractivity contribution is 0.156. The quantitative estimate of drug-likeness (QED) is 0.756. The minimum Gasteiger partial charge on any atom is -0.461 e. The zero-order chi connectivity index (χ0) is 14.7. The van der Waals surface area contributed by atoms with Crippen LogP contribution in [0.4, 0.5) is 4.39 Å². The monoisotopic (exact) mass is 287 g/mol. The van der Waals surface area contributed by atoms with Crippen LogP contribution in [0, 0.1) is 5.82 Å². The van der Waals surface area contributed by atoms with Crippen LogP contribution in [0.15, 0.2) is 47.1 Å². The van der Waals surface area contributed by atoms with Crippen LogP contribution in [0.25, 0.3) is 11.3 Å². The van der Waals surface area contributed by atoms with Crippen molar-refractivity contribution in [3.05, 3.63) is 60.1 Å². The maximum absolute atomic E-state index is 13.7. The average molecular weight is 287 g/mol. The van der Waals surface area contributed by atoms with Crippen LogP contribution in [0.3, 0.4) is 0 Å². The number of nitrogens with one attached hydrogen (secondary N) is 1. The van der Waals surface area contributed by atoms with E-state index in [0.717, 1.165) is 0 Å². The molecule has 21 heavy (non-hydrogen) atoms. The normalized spacial score (nSPS) is 12.5. The summed E-state index contributed by atoms with van der Waals surface area (Å²) in [5.41, 5.74) is 0.430. The first-order chi connectivity index (χ1) is 10.2. The third-order valence-electron chi connectivity index (χ3n) is 3.21. The van der Waals surface area contributed by atoms with Gasteiger partial charge >= 0.3 is 0 Å². The lowest BCUT2D eigenvalue weighted by atomic mass is 10.1. The molecule has 3 rings (SSSR count). The van der Waals surface area contributed by atoms with E-state index in [2.05, 4.69) is 15.2 Å². The third kappa shape index (κ3) is 3.00. The Balaban J connectivity index is 1.67. The molecule has 1 atom stereocenters. The van der Waals surface area contributed by atoms with E-state index in [1.54, 1.807) is 30.3 Å². The number of rotatable bonds is 5. The van der Waals surface area contributed by atoms with Crippen LogP contribution in [-0.4, -0.2) is 20.3 Å². The third-order valence-corrected chi connectivity index (χ3v) is 3.21. The van der Waals surface area contributed by atoms with Gasteiger partial charge in [0, 0.05) is 6.42 Å². The van der Waals surface area contributed by atoms with Crippen LogP contribution < -0.4 is 0 Å². The molecule has 108 valence electrons. The fourth-order valence-electron chi connectivity index (χ4n) is 2.11. The number of aryl methyl sites for hydroxylation is 1. The molecule has 0 fully saturated rings. The van der Waals surface area contributed by atoms with Crippen LogP contribution in [0.1, 0.15) is 24.1 Å². The predicted molar refractivity (Wildman–Crippen MR) is 73.8 cm³/mol. The first kappa shape index (κ1) is 13.5. The van der Waals surface area contributed by atoms with Gasteiger partial charge in [-0.15, -0.1) is 0 Å². The van der Waals surface area contributed by atoms with Crippen molar-refractivity contribution < 1.29 is 13.9 Å². The van der Waals surface area contributed by atoms with Crippen LogP contribution >= 0.6 is 0 Å². The summed E-state index contributed by atoms with van der Waals surface area (Å²) >= 11 is 0. The second kappa shape index (κ2) is 5.88. The summed E-state index contributed by atoms with van der Waals surface area (Å²) < 4.78 is 19.3. The smallest absolute Gasteiger partial charge is 0.153 e. The molecule has 2 heterocycles. The number of aromatic nitrogens is 3. The Morgan fingerprint density at radius 1 is 1.24 bits per heavy atom. The van der Waals surface area contributed by atoms with Crippen molar-refractivity contribution in [2.75, 3.05) is 0 Å². The topological polar surface area (TPSA) is 74.9 Å². The maximum Gasteiger partial charge on any atom is 0.153 e. The molecule has 6 heteroatoms. The Labute approximate surface area is 120 Å². The summed E-state index contributed by atoms with van der Waals surface area (Å²) in [6.45, 7) is 0. The molecule has 1 unspecified atom stereocenters. The molecule has 0 spiro atoms. The molecule has 0 bridgehead atoms. The van der Waals surface area contributed by atoms with Crippen molar-refractivity contribution in [2.45, 2.75) is 18.9 Å². The molecule has 0 amide bonds. The molecule has 0 saturated carbocycles. The molecule has 0 saturated heterocycles. The zero-order valence-corrected chi connectivity index (χ0v) is 11.2. The van der Waals surface area contributed by atoms with E-state index in [1.807, 2.05) is 0 Å². The first-order valence-electron chi connectivity index (χ1n) is 6.61. The summed E-state index contributed by atoms with van der Waals surface area (Å²) in [5.74, 6) is 1.28. The standard InChI is InChI=1S/C15H14FN3O2/c16-12-4-2-1-3-11(12)14-8-6-10(21-14)5-7-13(20)15-17-9-18-19-15/h1-4,6,8-9,13,20H,5,7H2,(H,17,18,19). The summed E-state index contributed by atoms with van der Waals surface area (Å²) in [6, 6.07) is 9.97. The van der Waals surface area contributed by atoms with E-state index in [4.69, 9.17) is 4.42 Å². The largest absolute Gasteiger partial charge is 0.461 e. The summed E-state index contributed by atoms with van der Waals surface area (Å²) in [5, 5.41) is 16.2. The number of aliphatic hydroxyl groups is 1. The molecular weight excluding hydrogens is 273 g/mol. The van der Waals surface area contributed by atoms with Crippen LogP contribution in [-0.2, 0) is 6.42 Å². The highest BCUT2D eigenvalue weighted by atomic mass is 19.1. The Kier molecular flexibility index (Phi) is 3.79. The van der Waals surface area contributed by atoms with Gasteiger partial charge < -0.3 is 9.52 Å². The fraction of sp³-hybridized carbons (Fsp3) is 0.200. The minimum absolute atomic E-state index is 0.319. The lowest BCUT2D eigenvalue weighted by Crippen LogP contribution is -2.01. The van der Waals surface area contributed by atoms with Crippen molar-refractivity contribution in [1.29, 1.82) is 0 Å². The summed E-state index contributed by atoms with van der Waals surface area (Å²) in [7, 11) is 0. The number of furan rings is 1. The second-order valence-electron chi connectivity index (χ2n) is 4.67. The highest BCUT2D eigenvalue weighted by molar-refractivity contribution is 5.58. The Hall–Kier alpha value is -2.47. The van der Waals surface area contributed by atoms with Gasteiger partial charge in [-0.25, -0.2) is 9.37 Å². The zero-order valence-electron chi connectivity index (χ0n) is 11.2. The van der Waals surface area contributed by atoms with Crippen molar-refractivity contribution >= 4 is 0 Å². The van der Waals surface area contributed by atoms with Crippen LogP contribution in [0.5, 0.6) is 0 Å². The Morgan fingerprint density at radius 3 is 2.86 bits per heavy atom. The number of nitrogens with zero attached hydrogens (tertiary/aromatic N) is 2. The SMILES string of the molecule is OC(CCc1ccc(-c2ccccc2F)o1)c1ncn[nH]1. The predicted octanol–water partition coefficient (Wildman–Crippen LogP) is 2.87. The van der Waals surface area contributed by atoms with Gasteiger partial charge in [0.15, 0.2) is 5.82 Å². The van der Waals surface area contributed by atoms with Gasteiger partial charge in [0.1, 0.15) is 29.8 Å². The van der Waals surface area contributed by atoms with Gasteiger partial charge in [0.25, 0.3) is 0 Å². The van der Waals surface area contributed by atoms with E-state index in [-0.39, 0.29) is 5.82 Å². The van der Waals surface area contributed by atoms with E-state index in [1.165, 1.54) is 12.4 Å². The van der Waals surface area contributed by atoms with Crippen LogP contribution in [0.2, 0.25) is 0 Å². The van der Waals surface area contributed by atoms with Gasteiger partial charge in [-0.1, -0.05) is 12.1 Å². The molecule has 0 aliphatic rings. The first-order valence-corrected chi connectivity index (χ1v) is 6.61. The Bertz CT molecular complexity index is 709. The second-order valence-corrected chi connectivity index (χ2v) is 4.67. The molecule has 0 aliphatic carbocycles. The number of hydrogen-bond acceptors (Lipinski definition) is 4. The van der Waals surface area contributed by atoms with Gasteiger partial charge in [-0.3, -0.25) is 5.10 Å². The molecule has 2 aromatic heterocycles. The molecule has 2 N–H and O–H groups in total. The lowest BCUT2D eigenvalue weighted by Gasteiger charge is -2.05. The summed E-state index contributed by atoms with van der Waals surface area (Å²) in [4.78, 5) is 3.90.